The third-order valence-electron chi connectivity index (χ3n) is 4.58. The predicted molar refractivity (Wildman–Crippen MR) is 112 cm³/mol. The summed E-state index contributed by atoms with van der Waals surface area (Å²) in [4.78, 5) is 25.1. The lowest BCUT2D eigenvalue weighted by Gasteiger charge is -2.10. The first-order valence-electron chi connectivity index (χ1n) is 9.49. The van der Waals surface area contributed by atoms with Crippen LogP contribution in [0.1, 0.15) is 17.5 Å². The van der Waals surface area contributed by atoms with Crippen LogP contribution in [-0.2, 0) is 11.3 Å². The van der Waals surface area contributed by atoms with E-state index >= 15 is 0 Å². The number of carbonyl (C=O) groups excluding carboxylic acids is 1. The van der Waals surface area contributed by atoms with Crippen LogP contribution in [0.25, 0.3) is 16.9 Å². The van der Waals surface area contributed by atoms with Crippen molar-refractivity contribution in [2.24, 2.45) is 0 Å². The van der Waals surface area contributed by atoms with Gasteiger partial charge >= 0.3 is 0 Å². The fourth-order valence-electron chi connectivity index (χ4n) is 3.16. The minimum atomic E-state index is -0.0195. The number of aromatic nitrogens is 4. The summed E-state index contributed by atoms with van der Waals surface area (Å²) in [7, 11) is 0. The molecule has 1 aromatic carbocycles. The van der Waals surface area contributed by atoms with Gasteiger partial charge < -0.3 is 10.6 Å². The van der Waals surface area contributed by atoms with Gasteiger partial charge in [-0.1, -0.05) is 29.8 Å². The molecule has 3 heterocycles. The van der Waals surface area contributed by atoms with E-state index in [4.69, 9.17) is 4.98 Å². The van der Waals surface area contributed by atoms with Gasteiger partial charge in [-0.3, -0.25) is 19.2 Å². The lowest BCUT2D eigenvalue weighted by atomic mass is 10.1. The van der Waals surface area contributed by atoms with E-state index in [1.165, 1.54) is 5.56 Å². The number of hydrogen-bond donors (Lipinski definition) is 2. The van der Waals surface area contributed by atoms with E-state index in [1.807, 2.05) is 34.9 Å². The molecular formula is C22H22N6O. The van der Waals surface area contributed by atoms with Crippen LogP contribution in [0, 0.1) is 6.92 Å². The Balaban J connectivity index is 1.46. The molecule has 146 valence electrons. The van der Waals surface area contributed by atoms with Crippen LogP contribution in [-0.4, -0.2) is 31.8 Å². The van der Waals surface area contributed by atoms with E-state index in [-0.39, 0.29) is 5.91 Å². The van der Waals surface area contributed by atoms with Gasteiger partial charge in [0.15, 0.2) is 5.65 Å². The molecule has 4 rings (SSSR count). The van der Waals surface area contributed by atoms with Gasteiger partial charge in [-0.05, 0) is 24.6 Å². The molecule has 0 aliphatic carbocycles. The van der Waals surface area contributed by atoms with Gasteiger partial charge in [-0.2, -0.15) is 0 Å². The maximum absolute atomic E-state index is 12.2. The first kappa shape index (κ1) is 18.6. The number of aryl methyl sites for hydroxylation is 1. The molecule has 0 atom stereocenters. The SMILES string of the molecule is Cc1cccc(-c2nc3cnccn3c2NCCC(=O)NCc2cccnc2)c1. The molecule has 0 radical (unpaired) electrons. The van der Waals surface area contributed by atoms with E-state index in [2.05, 4.69) is 39.7 Å². The van der Waals surface area contributed by atoms with Gasteiger partial charge in [0, 0.05) is 49.9 Å². The van der Waals surface area contributed by atoms with Crippen LogP contribution in [0.5, 0.6) is 0 Å². The normalized spacial score (nSPS) is 10.8. The first-order chi connectivity index (χ1) is 14.2. The number of imidazole rings is 1. The second-order valence-electron chi connectivity index (χ2n) is 6.80. The van der Waals surface area contributed by atoms with Crippen molar-refractivity contribution in [2.75, 3.05) is 11.9 Å². The number of nitrogens with zero attached hydrogens (tertiary/aromatic N) is 4. The first-order valence-corrected chi connectivity index (χ1v) is 9.49. The standard InChI is InChI=1S/C22H22N6O/c1-16-4-2-6-18(12-16)21-22(28-11-10-24-15-19(28)27-21)25-9-7-20(29)26-14-17-5-3-8-23-13-17/h2-6,8,10-13,15,25H,7,9,14H2,1H3,(H,26,29). The fourth-order valence-corrected chi connectivity index (χ4v) is 3.16. The number of nitrogens with one attached hydrogen (secondary N) is 2. The zero-order chi connectivity index (χ0) is 20.1. The summed E-state index contributed by atoms with van der Waals surface area (Å²) in [5, 5.41) is 6.30. The summed E-state index contributed by atoms with van der Waals surface area (Å²) in [6.45, 7) is 3.02. The average Bonchev–Trinajstić information content (AvgIpc) is 3.12. The minimum Gasteiger partial charge on any atom is -0.369 e. The number of pyridine rings is 1. The molecule has 0 aliphatic rings. The number of rotatable bonds is 7. The highest BCUT2D eigenvalue weighted by Gasteiger charge is 2.14. The molecule has 0 saturated heterocycles. The van der Waals surface area contributed by atoms with Crippen LogP contribution in [0.15, 0.2) is 67.4 Å². The zero-order valence-electron chi connectivity index (χ0n) is 16.2. The molecule has 7 nitrogen and oxygen atoms in total. The van der Waals surface area contributed by atoms with Gasteiger partial charge in [0.2, 0.25) is 5.91 Å². The van der Waals surface area contributed by atoms with Crippen LogP contribution in [0.4, 0.5) is 5.82 Å². The van der Waals surface area contributed by atoms with Gasteiger partial charge in [0.1, 0.15) is 11.5 Å². The third-order valence-corrected chi connectivity index (χ3v) is 4.58. The van der Waals surface area contributed by atoms with Gasteiger partial charge in [0.05, 0.1) is 6.20 Å². The van der Waals surface area contributed by atoms with Crippen molar-refractivity contribution in [1.82, 2.24) is 24.7 Å². The van der Waals surface area contributed by atoms with Crippen molar-refractivity contribution < 1.29 is 4.79 Å². The summed E-state index contributed by atoms with van der Waals surface area (Å²) in [6.07, 6.45) is 9.13. The van der Waals surface area contributed by atoms with Crippen LogP contribution < -0.4 is 10.6 Å². The Morgan fingerprint density at radius 2 is 2.00 bits per heavy atom. The highest BCUT2D eigenvalue weighted by molar-refractivity contribution is 5.78. The summed E-state index contributed by atoms with van der Waals surface area (Å²) < 4.78 is 1.96. The summed E-state index contributed by atoms with van der Waals surface area (Å²) in [5.41, 5.74) is 4.77. The summed E-state index contributed by atoms with van der Waals surface area (Å²) in [5.74, 6) is 0.835. The molecule has 7 heteroatoms. The van der Waals surface area contributed by atoms with Gasteiger partial charge in [-0.15, -0.1) is 0 Å². The van der Waals surface area contributed by atoms with E-state index in [1.54, 1.807) is 24.8 Å². The average molecular weight is 386 g/mol. The van der Waals surface area contributed by atoms with E-state index in [0.717, 1.165) is 28.3 Å². The Bertz CT molecular complexity index is 1120. The zero-order valence-corrected chi connectivity index (χ0v) is 16.2. The molecule has 0 saturated carbocycles. The maximum atomic E-state index is 12.2. The van der Waals surface area contributed by atoms with Crippen molar-refractivity contribution in [3.63, 3.8) is 0 Å². The monoisotopic (exact) mass is 386 g/mol. The molecule has 0 fully saturated rings. The maximum Gasteiger partial charge on any atom is 0.222 e. The van der Waals surface area contributed by atoms with Crippen molar-refractivity contribution in [3.05, 3.63) is 78.5 Å². The van der Waals surface area contributed by atoms with E-state index in [9.17, 15) is 4.79 Å². The van der Waals surface area contributed by atoms with Crippen molar-refractivity contribution >= 4 is 17.4 Å². The lowest BCUT2D eigenvalue weighted by Crippen LogP contribution is -2.25. The number of hydrogen-bond acceptors (Lipinski definition) is 5. The highest BCUT2D eigenvalue weighted by atomic mass is 16.1. The highest BCUT2D eigenvalue weighted by Crippen LogP contribution is 2.28. The van der Waals surface area contributed by atoms with Gasteiger partial charge in [0.25, 0.3) is 0 Å². The Hall–Kier alpha value is -3.74. The molecule has 1 amide bonds. The summed E-state index contributed by atoms with van der Waals surface area (Å²) in [6, 6.07) is 12.0. The Morgan fingerprint density at radius 1 is 1.10 bits per heavy atom. The smallest absolute Gasteiger partial charge is 0.222 e. The van der Waals surface area contributed by atoms with Crippen LogP contribution >= 0.6 is 0 Å². The topological polar surface area (TPSA) is 84.2 Å². The van der Waals surface area contributed by atoms with Gasteiger partial charge in [-0.25, -0.2) is 4.98 Å². The molecule has 0 aliphatic heterocycles. The second kappa shape index (κ2) is 8.52. The Labute approximate surface area is 168 Å². The van der Waals surface area contributed by atoms with Crippen molar-refractivity contribution in [1.29, 1.82) is 0 Å². The number of amides is 1. The van der Waals surface area contributed by atoms with Crippen molar-refractivity contribution in [2.45, 2.75) is 19.9 Å². The fraction of sp³-hybridized carbons (Fsp3) is 0.182. The molecule has 4 aromatic rings. The summed E-state index contributed by atoms with van der Waals surface area (Å²) >= 11 is 0. The Kier molecular flexibility index (Phi) is 5.47. The molecule has 3 aromatic heterocycles. The van der Waals surface area contributed by atoms with E-state index in [0.29, 0.717) is 19.5 Å². The van der Waals surface area contributed by atoms with Crippen molar-refractivity contribution in [3.8, 4) is 11.3 Å². The second-order valence-corrected chi connectivity index (χ2v) is 6.80. The number of benzene rings is 1. The lowest BCUT2D eigenvalue weighted by molar-refractivity contribution is -0.121. The predicted octanol–water partition coefficient (Wildman–Crippen LogP) is 3.22. The van der Waals surface area contributed by atoms with Crippen LogP contribution in [0.2, 0.25) is 0 Å². The number of carbonyl (C=O) groups is 1. The molecule has 29 heavy (non-hydrogen) atoms. The quantitative estimate of drug-likeness (QED) is 0.509. The minimum absolute atomic E-state index is 0.0195. The molecular weight excluding hydrogens is 364 g/mol. The molecule has 0 unspecified atom stereocenters. The molecule has 0 bridgehead atoms. The van der Waals surface area contributed by atoms with Crippen LogP contribution in [0.3, 0.4) is 0 Å². The largest absolute Gasteiger partial charge is 0.369 e. The number of anilines is 1. The number of fused-ring (bicyclic) bond motifs is 1. The van der Waals surface area contributed by atoms with E-state index < -0.39 is 0 Å². The molecule has 2 N–H and O–H groups in total. The third kappa shape index (κ3) is 4.40. The Morgan fingerprint density at radius 3 is 2.83 bits per heavy atom. The molecule has 0 spiro atoms.